The topological polar surface area (TPSA) is 67.8 Å². The second-order valence-electron chi connectivity index (χ2n) is 6.86. The molecule has 1 saturated heterocycles. The molecule has 9 heteroatoms. The molecule has 1 aliphatic heterocycles. The van der Waals surface area contributed by atoms with Gasteiger partial charge in [0.15, 0.2) is 5.17 Å². The summed E-state index contributed by atoms with van der Waals surface area (Å²) < 4.78 is 20.5. The van der Waals surface area contributed by atoms with E-state index in [-0.39, 0.29) is 23.5 Å². The van der Waals surface area contributed by atoms with Crippen LogP contribution in [0.4, 0.5) is 4.39 Å². The summed E-state index contributed by atoms with van der Waals surface area (Å²) in [4.78, 5) is 29.1. The number of hydrogen-bond donors (Lipinski definition) is 1. The minimum absolute atomic E-state index is 0.0338. The highest BCUT2D eigenvalue weighted by molar-refractivity contribution is 9.10. The summed E-state index contributed by atoms with van der Waals surface area (Å²) >= 11 is 10.3. The SMILES string of the molecule is O=C1NC(=NC(=O)c2ccc(Cl)cc2)S/C1=C\c1cc(Br)ccc1OCc1ccccc1F. The minimum Gasteiger partial charge on any atom is -0.488 e. The Bertz CT molecular complexity index is 1300. The number of carbonyl (C=O) groups excluding carboxylic acids is 2. The van der Waals surface area contributed by atoms with E-state index in [2.05, 4.69) is 26.2 Å². The summed E-state index contributed by atoms with van der Waals surface area (Å²) in [5, 5.41) is 3.28. The van der Waals surface area contributed by atoms with Crippen molar-refractivity contribution in [2.75, 3.05) is 0 Å². The van der Waals surface area contributed by atoms with E-state index in [0.29, 0.717) is 32.4 Å². The van der Waals surface area contributed by atoms with E-state index in [1.54, 1.807) is 66.7 Å². The highest BCUT2D eigenvalue weighted by atomic mass is 79.9. The molecular weight excluding hydrogens is 531 g/mol. The van der Waals surface area contributed by atoms with Crippen molar-refractivity contribution >= 4 is 62.4 Å². The average molecular weight is 546 g/mol. The third-order valence-corrected chi connectivity index (χ3v) is 6.20. The zero-order valence-electron chi connectivity index (χ0n) is 16.8. The molecule has 0 aliphatic carbocycles. The molecule has 0 saturated carbocycles. The zero-order chi connectivity index (χ0) is 23.4. The maximum Gasteiger partial charge on any atom is 0.279 e. The second kappa shape index (κ2) is 10.3. The van der Waals surface area contributed by atoms with Gasteiger partial charge in [-0.15, -0.1) is 0 Å². The van der Waals surface area contributed by atoms with Crippen LogP contribution in [0.5, 0.6) is 5.75 Å². The maximum absolute atomic E-state index is 13.9. The van der Waals surface area contributed by atoms with E-state index in [1.807, 2.05) is 0 Å². The Balaban J connectivity index is 1.54. The fraction of sp³-hybridized carbons (Fsp3) is 0.0417. The summed E-state index contributed by atoms with van der Waals surface area (Å²) in [5.41, 5.74) is 1.39. The summed E-state index contributed by atoms with van der Waals surface area (Å²) in [6.07, 6.45) is 1.64. The molecule has 3 aromatic rings. The van der Waals surface area contributed by atoms with Crippen LogP contribution in [0.3, 0.4) is 0 Å². The molecule has 2 amide bonds. The highest BCUT2D eigenvalue weighted by Gasteiger charge is 2.25. The van der Waals surface area contributed by atoms with E-state index in [4.69, 9.17) is 16.3 Å². The van der Waals surface area contributed by atoms with E-state index in [0.717, 1.165) is 16.2 Å². The maximum atomic E-state index is 13.9. The van der Waals surface area contributed by atoms with Gasteiger partial charge in [0.2, 0.25) is 0 Å². The van der Waals surface area contributed by atoms with Crippen molar-refractivity contribution in [1.29, 1.82) is 0 Å². The van der Waals surface area contributed by atoms with E-state index in [1.165, 1.54) is 6.07 Å². The first kappa shape index (κ1) is 23.2. The minimum atomic E-state index is -0.493. The predicted octanol–water partition coefficient (Wildman–Crippen LogP) is 6.22. The van der Waals surface area contributed by atoms with E-state index >= 15 is 0 Å². The number of carbonyl (C=O) groups is 2. The van der Waals surface area contributed by atoms with Crippen molar-refractivity contribution in [1.82, 2.24) is 5.32 Å². The fourth-order valence-corrected chi connectivity index (χ4v) is 4.22. The van der Waals surface area contributed by atoms with Crippen LogP contribution >= 0.6 is 39.3 Å². The molecule has 1 N–H and O–H groups in total. The number of nitrogens with one attached hydrogen (secondary N) is 1. The Morgan fingerprint density at radius 1 is 1.15 bits per heavy atom. The van der Waals surface area contributed by atoms with Crippen molar-refractivity contribution in [3.63, 3.8) is 0 Å². The van der Waals surface area contributed by atoms with Gasteiger partial charge < -0.3 is 10.1 Å². The van der Waals surface area contributed by atoms with Gasteiger partial charge in [-0.05, 0) is 66.4 Å². The number of nitrogens with zero attached hydrogens (tertiary/aromatic N) is 1. The molecule has 5 nitrogen and oxygen atoms in total. The molecule has 1 heterocycles. The Kier molecular flexibility index (Phi) is 7.27. The summed E-state index contributed by atoms with van der Waals surface area (Å²) in [5.74, 6) is -0.758. The van der Waals surface area contributed by atoms with Crippen LogP contribution in [-0.2, 0) is 11.4 Å². The monoisotopic (exact) mass is 544 g/mol. The summed E-state index contributed by atoms with van der Waals surface area (Å²) in [6.45, 7) is 0.0338. The summed E-state index contributed by atoms with van der Waals surface area (Å²) in [7, 11) is 0. The molecule has 33 heavy (non-hydrogen) atoms. The van der Waals surface area contributed by atoms with Crippen molar-refractivity contribution in [2.45, 2.75) is 6.61 Å². The van der Waals surface area contributed by atoms with Crippen molar-refractivity contribution in [2.24, 2.45) is 4.99 Å². The number of benzene rings is 3. The number of rotatable bonds is 5. The van der Waals surface area contributed by atoms with Crippen LogP contribution in [0.1, 0.15) is 21.5 Å². The largest absolute Gasteiger partial charge is 0.488 e. The van der Waals surface area contributed by atoms with Crippen LogP contribution in [0.2, 0.25) is 5.02 Å². The number of aliphatic imine (C=N–C) groups is 1. The van der Waals surface area contributed by atoms with Gasteiger partial charge >= 0.3 is 0 Å². The molecular formula is C24H15BrClFN2O3S. The lowest BCUT2D eigenvalue weighted by molar-refractivity contribution is -0.115. The van der Waals surface area contributed by atoms with Crippen LogP contribution in [-0.4, -0.2) is 17.0 Å². The molecule has 0 spiro atoms. The first-order chi connectivity index (χ1) is 15.9. The quantitative estimate of drug-likeness (QED) is 0.387. The molecule has 1 aliphatic rings. The van der Waals surface area contributed by atoms with Gasteiger partial charge in [-0.3, -0.25) is 9.59 Å². The fourth-order valence-electron chi connectivity index (χ4n) is 2.91. The van der Waals surface area contributed by atoms with Crippen LogP contribution in [0.15, 0.2) is 81.1 Å². The Hall–Kier alpha value is -2.94. The number of thioether (sulfide) groups is 1. The third kappa shape index (κ3) is 5.90. The Morgan fingerprint density at radius 3 is 2.67 bits per heavy atom. The van der Waals surface area contributed by atoms with Crippen molar-refractivity contribution < 1.29 is 18.7 Å². The van der Waals surface area contributed by atoms with Gasteiger partial charge in [0.1, 0.15) is 18.2 Å². The molecule has 1 fully saturated rings. The Morgan fingerprint density at radius 2 is 1.91 bits per heavy atom. The van der Waals surface area contributed by atoms with Gasteiger partial charge in [-0.25, -0.2) is 4.39 Å². The molecule has 3 aromatic carbocycles. The lowest BCUT2D eigenvalue weighted by Gasteiger charge is -2.11. The Labute approximate surface area is 206 Å². The van der Waals surface area contributed by atoms with Gasteiger partial charge in [0, 0.05) is 26.2 Å². The molecule has 0 atom stereocenters. The number of ether oxygens (including phenoxy) is 1. The molecule has 0 radical (unpaired) electrons. The molecule has 4 rings (SSSR count). The van der Waals surface area contributed by atoms with Crippen molar-refractivity contribution in [3.8, 4) is 5.75 Å². The number of amidine groups is 1. The smallest absolute Gasteiger partial charge is 0.279 e. The third-order valence-electron chi connectivity index (χ3n) is 4.54. The number of halogens is 3. The molecule has 166 valence electrons. The van der Waals surface area contributed by atoms with E-state index < -0.39 is 5.91 Å². The normalized spacial score (nSPS) is 15.7. The molecule has 0 bridgehead atoms. The average Bonchev–Trinajstić information content (AvgIpc) is 3.13. The number of amides is 2. The van der Waals surface area contributed by atoms with Gasteiger partial charge in [-0.1, -0.05) is 45.7 Å². The van der Waals surface area contributed by atoms with Gasteiger partial charge in [0.05, 0.1) is 4.91 Å². The second-order valence-corrected chi connectivity index (χ2v) is 9.24. The van der Waals surface area contributed by atoms with Crippen LogP contribution in [0, 0.1) is 5.82 Å². The summed E-state index contributed by atoms with van der Waals surface area (Å²) in [6, 6.07) is 18.0. The standard InChI is InChI=1S/C24H15BrClFN2O3S/c25-17-7-10-20(32-13-15-3-1-2-4-19(15)27)16(11-17)12-21-23(31)29-24(33-21)28-22(30)14-5-8-18(26)9-6-14/h1-12H,13H2,(H,28,29,30,31)/b21-12-. The van der Waals surface area contributed by atoms with Crippen LogP contribution in [0.25, 0.3) is 6.08 Å². The lowest BCUT2D eigenvalue weighted by Crippen LogP contribution is -2.20. The van der Waals surface area contributed by atoms with Crippen LogP contribution < -0.4 is 10.1 Å². The predicted molar refractivity (Wildman–Crippen MR) is 132 cm³/mol. The van der Waals surface area contributed by atoms with Gasteiger partial charge in [0.25, 0.3) is 11.8 Å². The lowest BCUT2D eigenvalue weighted by atomic mass is 10.1. The molecule has 0 unspecified atom stereocenters. The number of hydrogen-bond acceptors (Lipinski definition) is 4. The molecule has 0 aromatic heterocycles. The highest BCUT2D eigenvalue weighted by Crippen LogP contribution is 2.32. The first-order valence-corrected chi connectivity index (χ1v) is 11.6. The van der Waals surface area contributed by atoms with Crippen molar-refractivity contribution in [3.05, 3.63) is 104 Å². The van der Waals surface area contributed by atoms with Gasteiger partial charge in [-0.2, -0.15) is 4.99 Å². The first-order valence-electron chi connectivity index (χ1n) is 9.64. The zero-order valence-corrected chi connectivity index (χ0v) is 20.0. The van der Waals surface area contributed by atoms with E-state index in [9.17, 15) is 14.0 Å².